The van der Waals surface area contributed by atoms with Crippen LogP contribution in [0, 0.1) is 29.2 Å². The fourth-order valence-electron chi connectivity index (χ4n) is 5.39. The minimum atomic E-state index is -1.04. The smallest absolute Gasteiger partial charge is 0.201 e. The number of rotatable bonds is 11. The molecule has 204 valence electrons. The second kappa shape index (κ2) is 13.2. The predicted octanol–water partition coefficient (Wildman–Crippen LogP) is 9.74. The second-order valence-electron chi connectivity index (χ2n) is 10.1. The van der Waals surface area contributed by atoms with Crippen molar-refractivity contribution in [1.29, 1.82) is 0 Å². The summed E-state index contributed by atoms with van der Waals surface area (Å²) < 4.78 is 69.4. The number of hydrogen-bond donors (Lipinski definition) is 0. The highest BCUT2D eigenvalue weighted by molar-refractivity contribution is 5.66. The van der Waals surface area contributed by atoms with E-state index in [-0.39, 0.29) is 36.0 Å². The van der Waals surface area contributed by atoms with Gasteiger partial charge in [0.15, 0.2) is 23.2 Å². The lowest BCUT2D eigenvalue weighted by molar-refractivity contribution is 0.290. The van der Waals surface area contributed by atoms with E-state index in [0.717, 1.165) is 25.7 Å². The molecule has 0 N–H and O–H groups in total. The van der Waals surface area contributed by atoms with Crippen LogP contribution in [0.2, 0.25) is 0 Å². The van der Waals surface area contributed by atoms with Crippen LogP contribution in [-0.4, -0.2) is 6.61 Å². The Balaban J connectivity index is 1.36. The van der Waals surface area contributed by atoms with E-state index in [2.05, 4.69) is 6.92 Å². The first-order valence-electron chi connectivity index (χ1n) is 13.7. The van der Waals surface area contributed by atoms with Crippen molar-refractivity contribution in [2.75, 3.05) is 6.61 Å². The van der Waals surface area contributed by atoms with E-state index in [1.54, 1.807) is 43.3 Å². The van der Waals surface area contributed by atoms with Gasteiger partial charge in [0, 0.05) is 11.1 Å². The number of halogens is 4. The fourth-order valence-corrected chi connectivity index (χ4v) is 5.39. The number of hydrogen-bond acceptors (Lipinski definition) is 2. The van der Waals surface area contributed by atoms with Gasteiger partial charge in [0.25, 0.3) is 0 Å². The molecule has 0 bridgehead atoms. The normalized spacial score (nSPS) is 17.4. The monoisotopic (exact) mass is 528 g/mol. The summed E-state index contributed by atoms with van der Waals surface area (Å²) in [5.41, 5.74) is 1.16. The highest BCUT2D eigenvalue weighted by atomic mass is 19.2. The van der Waals surface area contributed by atoms with E-state index in [1.807, 2.05) is 0 Å². The molecule has 3 aromatic carbocycles. The van der Waals surface area contributed by atoms with E-state index in [4.69, 9.17) is 9.47 Å². The van der Waals surface area contributed by atoms with E-state index >= 15 is 4.39 Å². The maximum absolute atomic E-state index is 15.0. The van der Waals surface area contributed by atoms with Crippen molar-refractivity contribution < 1.29 is 27.0 Å². The molecule has 0 unspecified atom stereocenters. The summed E-state index contributed by atoms with van der Waals surface area (Å²) in [6.45, 7) is 3.99. The van der Waals surface area contributed by atoms with Crippen LogP contribution in [0.15, 0.2) is 48.5 Å². The van der Waals surface area contributed by atoms with Crippen LogP contribution in [0.1, 0.15) is 82.3 Å². The molecule has 1 aliphatic carbocycles. The Hall–Kier alpha value is -3.02. The van der Waals surface area contributed by atoms with Gasteiger partial charge in [-0.2, -0.15) is 4.39 Å². The quantitative estimate of drug-likeness (QED) is 0.182. The van der Waals surface area contributed by atoms with Crippen molar-refractivity contribution in [1.82, 2.24) is 0 Å². The molecule has 38 heavy (non-hydrogen) atoms. The Morgan fingerprint density at radius 1 is 0.711 bits per heavy atom. The third-order valence-electron chi connectivity index (χ3n) is 7.60. The fraction of sp³-hybridized carbons (Fsp3) is 0.438. The SMILES string of the molecule is CCCCCC1CCC(c2ccc(COc3ccc(-c4ccc(OCC)c(F)c4F)cc3)c(F)c2F)CC1. The van der Waals surface area contributed by atoms with Gasteiger partial charge in [0.2, 0.25) is 5.82 Å². The van der Waals surface area contributed by atoms with Crippen molar-refractivity contribution in [3.05, 3.63) is 82.9 Å². The van der Waals surface area contributed by atoms with Gasteiger partial charge in [-0.05, 0) is 79.8 Å². The van der Waals surface area contributed by atoms with E-state index < -0.39 is 23.3 Å². The Morgan fingerprint density at radius 3 is 2.13 bits per heavy atom. The number of unbranched alkanes of at least 4 members (excludes halogenated alkanes) is 2. The molecule has 0 amide bonds. The minimum absolute atomic E-state index is 0.0577. The van der Waals surface area contributed by atoms with Crippen molar-refractivity contribution in [3.63, 3.8) is 0 Å². The summed E-state index contributed by atoms with van der Waals surface area (Å²) >= 11 is 0. The molecule has 0 saturated heterocycles. The Morgan fingerprint density at radius 2 is 1.45 bits per heavy atom. The van der Waals surface area contributed by atoms with Gasteiger partial charge in [-0.25, -0.2) is 13.2 Å². The standard InChI is InChI=1S/C32H36F4O2/c1-3-5-6-7-21-8-10-22(11-9-21)26-17-14-24(29(33)30(26)34)20-38-25-15-12-23(13-16-25)27-18-19-28(37-4-2)32(36)31(27)35/h12-19,21-22H,3-11,20H2,1-2H3. The van der Waals surface area contributed by atoms with Gasteiger partial charge >= 0.3 is 0 Å². The summed E-state index contributed by atoms with van der Waals surface area (Å²) in [6.07, 6.45) is 8.90. The summed E-state index contributed by atoms with van der Waals surface area (Å²) in [5, 5.41) is 0. The van der Waals surface area contributed by atoms with Gasteiger partial charge in [-0.15, -0.1) is 0 Å². The average molecular weight is 529 g/mol. The molecule has 1 aliphatic rings. The second-order valence-corrected chi connectivity index (χ2v) is 10.1. The third kappa shape index (κ3) is 6.51. The summed E-state index contributed by atoms with van der Waals surface area (Å²) in [7, 11) is 0. The Labute approximate surface area is 223 Å². The Bertz CT molecular complexity index is 1200. The molecule has 0 heterocycles. The first kappa shape index (κ1) is 28.0. The van der Waals surface area contributed by atoms with E-state index in [9.17, 15) is 13.2 Å². The van der Waals surface area contributed by atoms with E-state index in [0.29, 0.717) is 22.8 Å². The maximum Gasteiger partial charge on any atom is 0.201 e. The zero-order valence-corrected chi connectivity index (χ0v) is 22.2. The zero-order valence-electron chi connectivity index (χ0n) is 22.2. The van der Waals surface area contributed by atoms with Gasteiger partial charge in [0.05, 0.1) is 6.61 Å². The lowest BCUT2D eigenvalue weighted by Gasteiger charge is -2.29. The third-order valence-corrected chi connectivity index (χ3v) is 7.60. The number of benzene rings is 3. The highest BCUT2D eigenvalue weighted by Crippen LogP contribution is 2.39. The average Bonchev–Trinajstić information content (AvgIpc) is 2.93. The van der Waals surface area contributed by atoms with Gasteiger partial charge in [0.1, 0.15) is 12.4 Å². The summed E-state index contributed by atoms with van der Waals surface area (Å²) in [6, 6.07) is 12.5. The maximum atomic E-state index is 15.0. The minimum Gasteiger partial charge on any atom is -0.491 e. The molecule has 0 radical (unpaired) electrons. The highest BCUT2D eigenvalue weighted by Gasteiger charge is 2.26. The number of ether oxygens (including phenoxy) is 2. The summed E-state index contributed by atoms with van der Waals surface area (Å²) in [5.74, 6) is -2.63. The van der Waals surface area contributed by atoms with Crippen molar-refractivity contribution in [2.45, 2.75) is 77.7 Å². The van der Waals surface area contributed by atoms with Crippen molar-refractivity contribution in [3.8, 4) is 22.6 Å². The topological polar surface area (TPSA) is 18.5 Å². The molecule has 0 atom stereocenters. The van der Waals surface area contributed by atoms with Gasteiger partial charge in [-0.1, -0.05) is 56.9 Å². The first-order chi connectivity index (χ1) is 18.4. The zero-order chi connectivity index (χ0) is 27.1. The molecule has 6 heteroatoms. The molecule has 1 fully saturated rings. The molecule has 0 spiro atoms. The van der Waals surface area contributed by atoms with Crippen LogP contribution >= 0.6 is 0 Å². The van der Waals surface area contributed by atoms with Crippen LogP contribution in [0.25, 0.3) is 11.1 Å². The molecule has 4 rings (SSSR count). The first-order valence-corrected chi connectivity index (χ1v) is 13.7. The van der Waals surface area contributed by atoms with Crippen LogP contribution in [0.4, 0.5) is 17.6 Å². The van der Waals surface area contributed by atoms with Crippen LogP contribution in [0.5, 0.6) is 11.5 Å². The van der Waals surface area contributed by atoms with Crippen LogP contribution in [0.3, 0.4) is 0 Å². The van der Waals surface area contributed by atoms with Crippen LogP contribution in [-0.2, 0) is 6.61 Å². The largest absolute Gasteiger partial charge is 0.491 e. The van der Waals surface area contributed by atoms with Crippen molar-refractivity contribution >= 4 is 0 Å². The molecular formula is C32H36F4O2. The Kier molecular flexibility index (Phi) is 9.70. The predicted molar refractivity (Wildman–Crippen MR) is 142 cm³/mol. The van der Waals surface area contributed by atoms with Gasteiger partial charge < -0.3 is 9.47 Å². The van der Waals surface area contributed by atoms with Gasteiger partial charge in [-0.3, -0.25) is 0 Å². The molecule has 3 aromatic rings. The van der Waals surface area contributed by atoms with Crippen LogP contribution < -0.4 is 9.47 Å². The van der Waals surface area contributed by atoms with Crippen molar-refractivity contribution in [2.24, 2.45) is 5.92 Å². The summed E-state index contributed by atoms with van der Waals surface area (Å²) in [4.78, 5) is 0. The lowest BCUT2D eigenvalue weighted by atomic mass is 9.76. The molecule has 1 saturated carbocycles. The molecule has 0 aromatic heterocycles. The van der Waals surface area contributed by atoms with E-state index in [1.165, 1.54) is 37.8 Å². The molecule has 0 aliphatic heterocycles. The lowest BCUT2D eigenvalue weighted by Crippen LogP contribution is -2.15. The molecule has 2 nitrogen and oxygen atoms in total. The molecular weight excluding hydrogens is 492 g/mol.